The molecule has 0 atom stereocenters. The summed E-state index contributed by atoms with van der Waals surface area (Å²) in [7, 11) is -3.98. The summed E-state index contributed by atoms with van der Waals surface area (Å²) in [5.74, 6) is 0. The van der Waals surface area contributed by atoms with Crippen LogP contribution in [0.2, 0.25) is 0 Å². The third-order valence-electron chi connectivity index (χ3n) is 5.81. The lowest BCUT2D eigenvalue weighted by Gasteiger charge is -2.24. The van der Waals surface area contributed by atoms with E-state index >= 15 is 0 Å². The van der Waals surface area contributed by atoms with E-state index in [-0.39, 0.29) is 21.6 Å². The summed E-state index contributed by atoms with van der Waals surface area (Å²) in [5.41, 5.74) is 2.52. The first-order valence-electron chi connectivity index (χ1n) is 10.4. The Hall–Kier alpha value is -3.24. The van der Waals surface area contributed by atoms with Gasteiger partial charge in [-0.2, -0.15) is 4.52 Å². The summed E-state index contributed by atoms with van der Waals surface area (Å²) in [6, 6.07) is 10.7. The second-order valence-corrected chi connectivity index (χ2v) is 9.98. The van der Waals surface area contributed by atoms with Crippen LogP contribution in [0.5, 0.6) is 0 Å². The summed E-state index contributed by atoms with van der Waals surface area (Å²) < 4.78 is 33.5. The molecule has 1 saturated heterocycles. The van der Waals surface area contributed by atoms with Gasteiger partial charge in [-0.05, 0) is 56.5 Å². The lowest BCUT2D eigenvalue weighted by atomic mass is 10.1. The fourth-order valence-electron chi connectivity index (χ4n) is 4.17. The van der Waals surface area contributed by atoms with Gasteiger partial charge in [-0.25, -0.2) is 8.42 Å². The van der Waals surface area contributed by atoms with Crippen LogP contribution in [0, 0.1) is 13.8 Å². The molecule has 2 N–H and O–H groups in total. The number of hydrogen-bond donors (Lipinski definition) is 2. The molecule has 0 amide bonds. The molecule has 0 bridgehead atoms. The molecular formula is C22H23N5O4S. The molecule has 4 aromatic rings. The third kappa shape index (κ3) is 3.45. The second kappa shape index (κ2) is 7.72. The standard InChI is InChI=1S/C22H23N5O4S/c1-13-3-6-19(14(2)11-13)32(29,30)22-20-24-21(28)17-5-4-16(12-18(17)27(20)26-25-22)23-15-7-9-31-10-8-15/h3-6,11-12,15,23H,7-10H2,1-2H3,(H,24,28). The predicted molar refractivity (Wildman–Crippen MR) is 120 cm³/mol. The highest BCUT2D eigenvalue weighted by Crippen LogP contribution is 2.27. The Morgan fingerprint density at radius 3 is 2.66 bits per heavy atom. The number of H-pyrrole nitrogens is 1. The molecular weight excluding hydrogens is 430 g/mol. The molecule has 0 radical (unpaired) electrons. The van der Waals surface area contributed by atoms with Crippen LogP contribution in [0.25, 0.3) is 16.6 Å². The Bertz CT molecular complexity index is 1500. The first-order chi connectivity index (χ1) is 15.3. The van der Waals surface area contributed by atoms with Crippen LogP contribution in [0.4, 0.5) is 5.69 Å². The van der Waals surface area contributed by atoms with E-state index in [2.05, 4.69) is 20.6 Å². The van der Waals surface area contributed by atoms with Gasteiger partial charge in [0.05, 0.1) is 15.8 Å². The molecule has 2 aromatic carbocycles. The maximum absolute atomic E-state index is 13.4. The third-order valence-corrected chi connectivity index (χ3v) is 7.63. The Kier molecular flexibility index (Phi) is 4.98. The number of aromatic nitrogens is 4. The summed E-state index contributed by atoms with van der Waals surface area (Å²) in [4.78, 5) is 15.6. The molecule has 1 aliphatic heterocycles. The first-order valence-corrected chi connectivity index (χ1v) is 11.9. The van der Waals surface area contributed by atoms with Crippen LogP contribution in [-0.2, 0) is 14.6 Å². The molecule has 1 fully saturated rings. The normalized spacial score (nSPS) is 15.4. The number of benzene rings is 2. The van der Waals surface area contributed by atoms with Crippen LogP contribution in [0.1, 0.15) is 24.0 Å². The molecule has 0 spiro atoms. The smallest absolute Gasteiger partial charge is 0.259 e. The number of rotatable bonds is 4. The molecule has 5 rings (SSSR count). The second-order valence-electron chi connectivity index (χ2n) is 8.14. The fourth-order valence-corrected chi connectivity index (χ4v) is 5.64. The van der Waals surface area contributed by atoms with E-state index in [0.717, 1.165) is 24.1 Å². The number of sulfone groups is 1. The zero-order valence-corrected chi connectivity index (χ0v) is 18.6. The van der Waals surface area contributed by atoms with Crippen molar-refractivity contribution in [1.82, 2.24) is 19.8 Å². The van der Waals surface area contributed by atoms with Crippen molar-refractivity contribution in [2.75, 3.05) is 18.5 Å². The summed E-state index contributed by atoms with van der Waals surface area (Å²) in [5, 5.41) is 11.6. The van der Waals surface area contributed by atoms with Crippen LogP contribution in [0.3, 0.4) is 0 Å². The summed E-state index contributed by atoms with van der Waals surface area (Å²) in [6.07, 6.45) is 1.79. The molecule has 9 nitrogen and oxygen atoms in total. The van der Waals surface area contributed by atoms with Crippen molar-refractivity contribution in [3.63, 3.8) is 0 Å². The Balaban J connectivity index is 1.65. The van der Waals surface area contributed by atoms with E-state index in [1.54, 1.807) is 37.3 Å². The number of nitrogens with one attached hydrogen (secondary N) is 2. The minimum absolute atomic E-state index is 0.0469. The van der Waals surface area contributed by atoms with E-state index in [4.69, 9.17) is 4.74 Å². The minimum Gasteiger partial charge on any atom is -0.382 e. The maximum atomic E-state index is 13.4. The molecule has 10 heteroatoms. The highest BCUT2D eigenvalue weighted by atomic mass is 32.2. The average Bonchev–Trinajstić information content (AvgIpc) is 3.19. The SMILES string of the molecule is Cc1ccc(S(=O)(=O)c2nnn3c2[nH]c(=O)c2ccc(NC4CCOCC4)cc23)c(C)c1. The highest BCUT2D eigenvalue weighted by Gasteiger charge is 2.28. The molecule has 2 aromatic heterocycles. The largest absolute Gasteiger partial charge is 0.382 e. The molecule has 32 heavy (non-hydrogen) atoms. The zero-order valence-electron chi connectivity index (χ0n) is 17.8. The predicted octanol–water partition coefficient (Wildman–Crippen LogP) is 2.61. The quantitative estimate of drug-likeness (QED) is 0.488. The Labute approximate surface area is 184 Å². The number of aryl methyl sites for hydroxylation is 2. The molecule has 0 aliphatic carbocycles. The van der Waals surface area contributed by atoms with Crippen molar-refractivity contribution in [1.29, 1.82) is 0 Å². The number of aromatic amines is 1. The zero-order chi connectivity index (χ0) is 22.5. The van der Waals surface area contributed by atoms with E-state index in [1.165, 1.54) is 4.52 Å². The lowest BCUT2D eigenvalue weighted by Crippen LogP contribution is -2.27. The van der Waals surface area contributed by atoms with Crippen molar-refractivity contribution in [2.24, 2.45) is 0 Å². The van der Waals surface area contributed by atoms with E-state index < -0.39 is 15.4 Å². The van der Waals surface area contributed by atoms with Gasteiger partial charge < -0.3 is 15.0 Å². The van der Waals surface area contributed by atoms with Crippen LogP contribution >= 0.6 is 0 Å². The van der Waals surface area contributed by atoms with Gasteiger partial charge in [0.1, 0.15) is 0 Å². The fraction of sp³-hybridized carbons (Fsp3) is 0.318. The van der Waals surface area contributed by atoms with Gasteiger partial charge in [0.2, 0.25) is 14.9 Å². The van der Waals surface area contributed by atoms with Crippen LogP contribution < -0.4 is 10.9 Å². The van der Waals surface area contributed by atoms with Crippen molar-refractivity contribution < 1.29 is 13.2 Å². The van der Waals surface area contributed by atoms with Crippen molar-refractivity contribution >= 4 is 32.1 Å². The van der Waals surface area contributed by atoms with Crippen LogP contribution in [-0.4, -0.2) is 47.5 Å². The van der Waals surface area contributed by atoms with Gasteiger partial charge in [0.25, 0.3) is 5.56 Å². The molecule has 0 saturated carbocycles. The first kappa shape index (κ1) is 20.7. The van der Waals surface area contributed by atoms with E-state index in [1.807, 2.05) is 13.0 Å². The summed E-state index contributed by atoms with van der Waals surface area (Å²) in [6.45, 7) is 5.04. The van der Waals surface area contributed by atoms with Gasteiger partial charge in [-0.1, -0.05) is 22.9 Å². The number of nitrogens with zero attached hydrogens (tertiary/aromatic N) is 3. The number of ether oxygens (including phenoxy) is 1. The summed E-state index contributed by atoms with van der Waals surface area (Å²) >= 11 is 0. The molecule has 166 valence electrons. The van der Waals surface area contributed by atoms with Crippen molar-refractivity contribution in [2.45, 2.75) is 42.7 Å². The van der Waals surface area contributed by atoms with Gasteiger partial charge >= 0.3 is 0 Å². The Morgan fingerprint density at radius 1 is 1.12 bits per heavy atom. The van der Waals surface area contributed by atoms with Gasteiger partial charge in [-0.3, -0.25) is 4.79 Å². The number of anilines is 1. The topological polar surface area (TPSA) is 118 Å². The number of fused-ring (bicyclic) bond motifs is 3. The molecule has 3 heterocycles. The average molecular weight is 454 g/mol. The van der Waals surface area contributed by atoms with Gasteiger partial charge in [0, 0.05) is 24.9 Å². The van der Waals surface area contributed by atoms with Gasteiger partial charge in [0.15, 0.2) is 5.65 Å². The highest BCUT2D eigenvalue weighted by molar-refractivity contribution is 7.91. The van der Waals surface area contributed by atoms with Crippen molar-refractivity contribution in [3.05, 3.63) is 57.9 Å². The lowest BCUT2D eigenvalue weighted by molar-refractivity contribution is 0.0904. The monoisotopic (exact) mass is 453 g/mol. The Morgan fingerprint density at radius 2 is 1.91 bits per heavy atom. The van der Waals surface area contributed by atoms with Crippen molar-refractivity contribution in [3.8, 4) is 0 Å². The van der Waals surface area contributed by atoms with E-state index in [0.29, 0.717) is 29.7 Å². The van der Waals surface area contributed by atoms with E-state index in [9.17, 15) is 13.2 Å². The maximum Gasteiger partial charge on any atom is 0.259 e. The molecule has 1 aliphatic rings. The number of hydrogen-bond acceptors (Lipinski definition) is 7. The van der Waals surface area contributed by atoms with Gasteiger partial charge in [-0.15, -0.1) is 5.10 Å². The molecule has 0 unspecified atom stereocenters. The minimum atomic E-state index is -3.98. The van der Waals surface area contributed by atoms with Crippen LogP contribution in [0.15, 0.2) is 51.1 Å².